The number of carbonyl (C=O) groups excluding carboxylic acids is 1. The Morgan fingerprint density at radius 2 is 2.31 bits per heavy atom. The Hall–Kier alpha value is -1.06. The summed E-state index contributed by atoms with van der Waals surface area (Å²) in [5.41, 5.74) is 7.40. The predicted molar refractivity (Wildman–Crippen MR) is 64.7 cm³/mol. The van der Waals surface area contributed by atoms with Crippen LogP contribution in [0.2, 0.25) is 5.02 Å². The molecule has 16 heavy (non-hydrogen) atoms. The quantitative estimate of drug-likeness (QED) is 0.811. The smallest absolute Gasteiger partial charge is 0.253 e. The van der Waals surface area contributed by atoms with Crippen LogP contribution < -0.4 is 5.73 Å². The molecule has 1 aromatic carbocycles. The third-order valence-electron chi connectivity index (χ3n) is 2.92. The van der Waals surface area contributed by atoms with Crippen LogP contribution in [-0.2, 0) is 0 Å². The first-order chi connectivity index (χ1) is 7.58. The van der Waals surface area contributed by atoms with Crippen LogP contribution in [-0.4, -0.2) is 29.9 Å². The lowest BCUT2D eigenvalue weighted by Crippen LogP contribution is -2.31. The second-order valence-corrected chi connectivity index (χ2v) is 4.67. The maximum absolute atomic E-state index is 12.1. The number of aryl methyl sites for hydroxylation is 1. The molecule has 1 atom stereocenters. The van der Waals surface area contributed by atoms with Gasteiger partial charge in [0.15, 0.2) is 0 Å². The van der Waals surface area contributed by atoms with Crippen LogP contribution in [0, 0.1) is 6.92 Å². The molecule has 1 aromatic rings. The molecule has 2 N–H and O–H groups in total. The van der Waals surface area contributed by atoms with Gasteiger partial charge in [0.1, 0.15) is 0 Å². The topological polar surface area (TPSA) is 46.3 Å². The third kappa shape index (κ3) is 2.20. The van der Waals surface area contributed by atoms with Crippen molar-refractivity contribution in [2.24, 2.45) is 5.73 Å². The summed E-state index contributed by atoms with van der Waals surface area (Å²) in [6, 6.07) is 5.48. The van der Waals surface area contributed by atoms with Gasteiger partial charge in [0.25, 0.3) is 5.91 Å². The van der Waals surface area contributed by atoms with Crippen LogP contribution in [0.3, 0.4) is 0 Å². The van der Waals surface area contributed by atoms with E-state index in [0.717, 1.165) is 18.5 Å². The summed E-state index contributed by atoms with van der Waals surface area (Å²) in [5, 5.41) is 0.690. The van der Waals surface area contributed by atoms with Crippen molar-refractivity contribution in [2.45, 2.75) is 19.4 Å². The number of halogens is 1. The minimum atomic E-state index is 0.0488. The summed E-state index contributed by atoms with van der Waals surface area (Å²) in [7, 11) is 0. The molecule has 1 heterocycles. The molecule has 3 nitrogen and oxygen atoms in total. The maximum atomic E-state index is 12.1. The van der Waals surface area contributed by atoms with E-state index >= 15 is 0 Å². The van der Waals surface area contributed by atoms with E-state index in [9.17, 15) is 4.79 Å². The van der Waals surface area contributed by atoms with E-state index in [0.29, 0.717) is 17.1 Å². The molecule has 1 aliphatic rings. The van der Waals surface area contributed by atoms with Crippen LogP contribution in [0.25, 0.3) is 0 Å². The predicted octanol–water partition coefficient (Wildman–Crippen LogP) is 1.82. The van der Waals surface area contributed by atoms with Crippen molar-refractivity contribution in [1.29, 1.82) is 0 Å². The molecule has 4 heteroatoms. The molecule has 1 saturated heterocycles. The van der Waals surface area contributed by atoms with Crippen LogP contribution in [0.5, 0.6) is 0 Å². The fraction of sp³-hybridized carbons (Fsp3) is 0.417. The molecule has 0 radical (unpaired) electrons. The van der Waals surface area contributed by atoms with E-state index < -0.39 is 0 Å². The van der Waals surface area contributed by atoms with E-state index in [2.05, 4.69) is 0 Å². The SMILES string of the molecule is Cc1cc(C(=O)N2CC[C@H](N)C2)ccc1Cl. The van der Waals surface area contributed by atoms with Gasteiger partial charge in [0, 0.05) is 29.7 Å². The van der Waals surface area contributed by atoms with Gasteiger partial charge in [-0.15, -0.1) is 0 Å². The van der Waals surface area contributed by atoms with Crippen molar-refractivity contribution in [2.75, 3.05) is 13.1 Å². The third-order valence-corrected chi connectivity index (χ3v) is 3.34. The molecular formula is C12H15ClN2O. The first-order valence-electron chi connectivity index (χ1n) is 5.39. The van der Waals surface area contributed by atoms with Crippen LogP contribution >= 0.6 is 11.6 Å². The van der Waals surface area contributed by atoms with E-state index in [1.54, 1.807) is 17.0 Å². The average molecular weight is 239 g/mol. The average Bonchev–Trinajstić information content (AvgIpc) is 2.68. The zero-order valence-corrected chi connectivity index (χ0v) is 10.00. The Bertz CT molecular complexity index is 419. The fourth-order valence-corrected chi connectivity index (χ4v) is 2.05. The molecule has 1 amide bonds. The Labute approximate surface area is 100 Å². The van der Waals surface area contributed by atoms with Crippen molar-refractivity contribution in [3.05, 3.63) is 34.3 Å². The first kappa shape index (κ1) is 11.4. The van der Waals surface area contributed by atoms with Crippen molar-refractivity contribution >= 4 is 17.5 Å². The van der Waals surface area contributed by atoms with Gasteiger partial charge in [-0.2, -0.15) is 0 Å². The summed E-state index contributed by atoms with van der Waals surface area (Å²) in [4.78, 5) is 13.9. The number of hydrogen-bond donors (Lipinski definition) is 1. The second-order valence-electron chi connectivity index (χ2n) is 4.26. The van der Waals surface area contributed by atoms with Crippen LogP contribution in [0.15, 0.2) is 18.2 Å². The van der Waals surface area contributed by atoms with Crippen molar-refractivity contribution in [3.63, 3.8) is 0 Å². The number of nitrogens with two attached hydrogens (primary N) is 1. The number of hydrogen-bond acceptors (Lipinski definition) is 2. The second kappa shape index (κ2) is 4.44. The lowest BCUT2D eigenvalue weighted by Gasteiger charge is -2.16. The molecule has 0 spiro atoms. The summed E-state index contributed by atoms with van der Waals surface area (Å²) in [5.74, 6) is 0.0488. The van der Waals surface area contributed by atoms with Gasteiger partial charge in [0.2, 0.25) is 0 Å². The standard InChI is InChI=1S/C12H15ClN2O/c1-8-6-9(2-3-11(8)13)12(16)15-5-4-10(14)7-15/h2-3,6,10H,4-5,7,14H2,1H3/t10-/m0/s1. The van der Waals surface area contributed by atoms with Crippen molar-refractivity contribution < 1.29 is 4.79 Å². The van der Waals surface area contributed by atoms with Gasteiger partial charge < -0.3 is 10.6 Å². The number of nitrogens with zero attached hydrogens (tertiary/aromatic N) is 1. The maximum Gasteiger partial charge on any atom is 0.253 e. The minimum Gasteiger partial charge on any atom is -0.337 e. The van der Waals surface area contributed by atoms with Gasteiger partial charge in [-0.3, -0.25) is 4.79 Å². The molecule has 1 fully saturated rings. The van der Waals surface area contributed by atoms with E-state index in [4.69, 9.17) is 17.3 Å². The monoisotopic (exact) mass is 238 g/mol. The molecule has 0 unspecified atom stereocenters. The summed E-state index contributed by atoms with van der Waals surface area (Å²) >= 11 is 5.92. The van der Waals surface area contributed by atoms with Gasteiger partial charge in [-0.1, -0.05) is 11.6 Å². The Morgan fingerprint density at radius 3 is 2.88 bits per heavy atom. The van der Waals surface area contributed by atoms with E-state index in [1.807, 2.05) is 13.0 Å². The van der Waals surface area contributed by atoms with E-state index in [1.165, 1.54) is 0 Å². The summed E-state index contributed by atoms with van der Waals surface area (Å²) in [6.45, 7) is 3.30. The Balaban J connectivity index is 2.18. The highest BCUT2D eigenvalue weighted by atomic mass is 35.5. The highest BCUT2D eigenvalue weighted by molar-refractivity contribution is 6.31. The number of benzene rings is 1. The lowest BCUT2D eigenvalue weighted by molar-refractivity contribution is 0.0791. The van der Waals surface area contributed by atoms with Gasteiger partial charge >= 0.3 is 0 Å². The fourth-order valence-electron chi connectivity index (χ4n) is 1.93. The summed E-state index contributed by atoms with van der Waals surface area (Å²) < 4.78 is 0. The van der Waals surface area contributed by atoms with E-state index in [-0.39, 0.29) is 11.9 Å². The Kier molecular flexibility index (Phi) is 3.17. The molecule has 1 aliphatic heterocycles. The van der Waals surface area contributed by atoms with Gasteiger partial charge in [-0.05, 0) is 37.1 Å². The van der Waals surface area contributed by atoms with Crippen LogP contribution in [0.1, 0.15) is 22.3 Å². The molecule has 0 aromatic heterocycles. The normalized spacial score (nSPS) is 20.2. The lowest BCUT2D eigenvalue weighted by atomic mass is 10.1. The molecule has 0 aliphatic carbocycles. The zero-order valence-electron chi connectivity index (χ0n) is 9.24. The van der Waals surface area contributed by atoms with Crippen molar-refractivity contribution in [1.82, 2.24) is 4.90 Å². The molecular weight excluding hydrogens is 224 g/mol. The van der Waals surface area contributed by atoms with Crippen LogP contribution in [0.4, 0.5) is 0 Å². The molecule has 0 saturated carbocycles. The largest absolute Gasteiger partial charge is 0.337 e. The van der Waals surface area contributed by atoms with Crippen molar-refractivity contribution in [3.8, 4) is 0 Å². The number of amides is 1. The molecule has 2 rings (SSSR count). The summed E-state index contributed by atoms with van der Waals surface area (Å²) in [6.07, 6.45) is 0.887. The minimum absolute atomic E-state index is 0.0488. The number of rotatable bonds is 1. The Morgan fingerprint density at radius 1 is 1.56 bits per heavy atom. The molecule has 86 valence electrons. The highest BCUT2D eigenvalue weighted by Gasteiger charge is 2.24. The number of carbonyl (C=O) groups is 1. The number of likely N-dealkylation sites (tertiary alicyclic amines) is 1. The van der Waals surface area contributed by atoms with Gasteiger partial charge in [-0.25, -0.2) is 0 Å². The highest BCUT2D eigenvalue weighted by Crippen LogP contribution is 2.19. The molecule has 0 bridgehead atoms. The first-order valence-corrected chi connectivity index (χ1v) is 5.76. The van der Waals surface area contributed by atoms with Gasteiger partial charge in [0.05, 0.1) is 0 Å². The zero-order chi connectivity index (χ0) is 11.7.